The molecule has 2 aromatic rings. The van der Waals surface area contributed by atoms with Crippen molar-refractivity contribution in [1.82, 2.24) is 4.98 Å². The Hall–Kier alpha value is -3.61. The van der Waals surface area contributed by atoms with Gasteiger partial charge in [0.15, 0.2) is 0 Å². The van der Waals surface area contributed by atoms with E-state index in [9.17, 15) is 14.4 Å². The number of nitrogens with two attached hydrogens (primary N) is 1. The lowest BCUT2D eigenvalue weighted by Crippen LogP contribution is -2.33. The topological polar surface area (TPSA) is 115 Å². The molecule has 1 aromatic carbocycles. The van der Waals surface area contributed by atoms with Crippen LogP contribution in [0.3, 0.4) is 0 Å². The lowest BCUT2D eigenvalue weighted by molar-refractivity contribution is -0.131. The number of anilines is 1. The van der Waals surface area contributed by atoms with Gasteiger partial charge in [0.25, 0.3) is 5.91 Å². The van der Waals surface area contributed by atoms with E-state index in [1.807, 2.05) is 12.1 Å². The van der Waals surface area contributed by atoms with Crippen molar-refractivity contribution < 1.29 is 14.4 Å². The number of rotatable bonds is 1. The van der Waals surface area contributed by atoms with Crippen molar-refractivity contribution in [2.45, 2.75) is 0 Å². The standard InChI is InChI=1S/C11H6N2O2.C6H6N2O/c14-9-5-6-1-2-8-7(3-4-12-8)10(6)13-11(9)15;7-6(9)5-2-1-3-8-4-5/h1-5H,(H,13,15);1-4H,(H2,7,9). The second kappa shape index (κ2) is 6.25. The molecule has 7 heteroatoms. The molecule has 0 radical (unpaired) electrons. The number of ketones is 1. The number of hydrogen-bond acceptors (Lipinski definition) is 5. The lowest BCUT2D eigenvalue weighted by Gasteiger charge is -2.11. The third-order valence-electron chi connectivity index (χ3n) is 3.40. The Balaban J connectivity index is 0.000000162. The average Bonchev–Trinajstić information content (AvgIpc) is 3.06. The number of pyridine rings is 1. The molecule has 0 saturated heterocycles. The van der Waals surface area contributed by atoms with Crippen molar-refractivity contribution in [2.24, 2.45) is 10.7 Å². The van der Waals surface area contributed by atoms with Crippen LogP contribution in [0.25, 0.3) is 12.2 Å². The summed E-state index contributed by atoms with van der Waals surface area (Å²) in [5.41, 5.74) is 6.92. The number of carbonyl (C=O) groups is 3. The number of Topliss-reactive ketones (excluding diaryl/α,β-unsaturated/α-hetero) is 1. The Labute approximate surface area is 136 Å². The summed E-state index contributed by atoms with van der Waals surface area (Å²) >= 11 is 0. The first-order valence-corrected chi connectivity index (χ1v) is 7.00. The molecule has 1 aromatic heterocycles. The van der Waals surface area contributed by atoms with Crippen LogP contribution in [0.1, 0.15) is 15.9 Å². The van der Waals surface area contributed by atoms with Gasteiger partial charge in [0.2, 0.25) is 11.7 Å². The molecule has 4 rings (SSSR count). The molecule has 0 unspecified atom stereocenters. The molecule has 0 aliphatic carbocycles. The molecule has 0 spiro atoms. The van der Waals surface area contributed by atoms with Crippen LogP contribution in [0.5, 0.6) is 0 Å². The number of benzene rings is 1. The Morgan fingerprint density at radius 3 is 2.67 bits per heavy atom. The first-order valence-electron chi connectivity index (χ1n) is 7.00. The smallest absolute Gasteiger partial charge is 0.296 e. The van der Waals surface area contributed by atoms with Crippen molar-refractivity contribution in [2.75, 3.05) is 5.32 Å². The minimum absolute atomic E-state index is 0.442. The first kappa shape index (κ1) is 15.3. The number of aromatic nitrogens is 1. The Bertz CT molecular complexity index is 994. The van der Waals surface area contributed by atoms with Crippen LogP contribution in [0.2, 0.25) is 0 Å². The van der Waals surface area contributed by atoms with Crippen LogP contribution >= 0.6 is 0 Å². The van der Waals surface area contributed by atoms with Crippen LogP contribution < -0.4 is 21.6 Å². The summed E-state index contributed by atoms with van der Waals surface area (Å²) in [6.07, 6.45) is 7.86. The Morgan fingerprint density at radius 2 is 2.00 bits per heavy atom. The number of hydrogen-bond donors (Lipinski definition) is 2. The van der Waals surface area contributed by atoms with Crippen molar-refractivity contribution in [3.8, 4) is 0 Å². The number of amides is 2. The summed E-state index contributed by atoms with van der Waals surface area (Å²) in [5.74, 6) is -1.54. The van der Waals surface area contributed by atoms with Gasteiger partial charge in [0.1, 0.15) is 0 Å². The van der Waals surface area contributed by atoms with E-state index in [-0.39, 0.29) is 0 Å². The van der Waals surface area contributed by atoms with E-state index in [4.69, 9.17) is 5.73 Å². The summed E-state index contributed by atoms with van der Waals surface area (Å²) in [6, 6.07) is 6.90. The van der Waals surface area contributed by atoms with Gasteiger partial charge in [0.05, 0.1) is 16.6 Å². The van der Waals surface area contributed by atoms with Crippen LogP contribution in [-0.2, 0) is 9.59 Å². The first-order chi connectivity index (χ1) is 11.6. The van der Waals surface area contributed by atoms with Crippen molar-refractivity contribution in [1.29, 1.82) is 0 Å². The fraction of sp³-hybridized carbons (Fsp3) is 0. The van der Waals surface area contributed by atoms with E-state index in [1.54, 1.807) is 30.6 Å². The summed E-state index contributed by atoms with van der Waals surface area (Å²) in [7, 11) is 0. The van der Waals surface area contributed by atoms with E-state index in [0.717, 1.165) is 16.1 Å². The number of fused-ring (bicyclic) bond motifs is 3. The quantitative estimate of drug-likeness (QED) is 0.706. The zero-order chi connectivity index (χ0) is 17.1. The SMILES string of the molecule is NC(=O)c1cccnc1.O=C1C=c2ccc3c(c2NC1=O)C=CN=3. The normalized spacial score (nSPS) is 13.5. The largest absolute Gasteiger partial charge is 0.366 e. The molecule has 0 fully saturated rings. The molecule has 2 amide bonds. The van der Waals surface area contributed by atoms with Crippen LogP contribution in [0.4, 0.5) is 5.69 Å². The maximum absolute atomic E-state index is 11.2. The fourth-order valence-corrected chi connectivity index (χ4v) is 2.25. The van der Waals surface area contributed by atoms with Gasteiger partial charge in [-0.15, -0.1) is 0 Å². The number of carbonyl (C=O) groups excluding carboxylic acids is 3. The minimum Gasteiger partial charge on any atom is -0.366 e. The van der Waals surface area contributed by atoms with Crippen molar-refractivity contribution >= 4 is 35.4 Å². The number of primary amides is 1. The van der Waals surface area contributed by atoms with E-state index in [1.165, 1.54) is 12.3 Å². The molecular weight excluding hydrogens is 308 g/mol. The van der Waals surface area contributed by atoms with Gasteiger partial charge in [-0.25, -0.2) is 0 Å². The van der Waals surface area contributed by atoms with Gasteiger partial charge in [-0.05, 0) is 24.3 Å². The Kier molecular flexibility index (Phi) is 3.98. The van der Waals surface area contributed by atoms with Gasteiger partial charge >= 0.3 is 0 Å². The molecule has 0 bridgehead atoms. The fourth-order valence-electron chi connectivity index (χ4n) is 2.25. The maximum atomic E-state index is 11.2. The molecule has 118 valence electrons. The average molecular weight is 320 g/mol. The van der Waals surface area contributed by atoms with E-state index in [0.29, 0.717) is 11.3 Å². The van der Waals surface area contributed by atoms with Gasteiger partial charge in [0, 0.05) is 35.5 Å². The molecule has 3 N–H and O–H groups in total. The molecular formula is C17H12N4O3. The summed E-state index contributed by atoms with van der Waals surface area (Å²) in [6.45, 7) is 0. The van der Waals surface area contributed by atoms with Crippen LogP contribution in [0, 0.1) is 0 Å². The predicted octanol–water partition coefficient (Wildman–Crippen LogP) is -0.227. The molecule has 0 saturated carbocycles. The molecule has 7 nitrogen and oxygen atoms in total. The van der Waals surface area contributed by atoms with E-state index >= 15 is 0 Å². The highest BCUT2D eigenvalue weighted by Crippen LogP contribution is 2.13. The van der Waals surface area contributed by atoms with Gasteiger partial charge in [-0.2, -0.15) is 0 Å². The van der Waals surface area contributed by atoms with Crippen molar-refractivity contribution in [3.63, 3.8) is 0 Å². The highest BCUT2D eigenvalue weighted by Gasteiger charge is 2.19. The molecule has 3 heterocycles. The third-order valence-corrected chi connectivity index (χ3v) is 3.40. The molecule has 2 aliphatic rings. The van der Waals surface area contributed by atoms with E-state index < -0.39 is 17.6 Å². The lowest BCUT2D eigenvalue weighted by atomic mass is 10.1. The van der Waals surface area contributed by atoms with Gasteiger partial charge < -0.3 is 11.1 Å². The maximum Gasteiger partial charge on any atom is 0.296 e. The highest BCUT2D eigenvalue weighted by molar-refractivity contribution is 6.52. The van der Waals surface area contributed by atoms with Gasteiger partial charge in [-0.3, -0.25) is 24.4 Å². The highest BCUT2D eigenvalue weighted by atomic mass is 16.2. The van der Waals surface area contributed by atoms with Crippen molar-refractivity contribution in [3.05, 3.63) is 64.6 Å². The molecule has 2 aliphatic heterocycles. The summed E-state index contributed by atoms with van der Waals surface area (Å²) in [4.78, 5) is 40.6. The van der Waals surface area contributed by atoms with Gasteiger partial charge in [-0.1, -0.05) is 6.07 Å². The van der Waals surface area contributed by atoms with E-state index in [2.05, 4.69) is 15.3 Å². The predicted molar refractivity (Wildman–Crippen MR) is 87.1 cm³/mol. The molecule has 0 atom stereocenters. The Morgan fingerprint density at radius 1 is 1.17 bits per heavy atom. The minimum atomic E-state index is -0.587. The number of nitrogens with zero attached hydrogens (tertiary/aromatic N) is 2. The summed E-state index contributed by atoms with van der Waals surface area (Å²) in [5, 5.41) is 4.13. The monoisotopic (exact) mass is 320 g/mol. The molecule has 24 heavy (non-hydrogen) atoms. The second-order valence-corrected chi connectivity index (χ2v) is 4.98. The third kappa shape index (κ3) is 2.95. The van der Waals surface area contributed by atoms with Crippen LogP contribution in [0.15, 0.2) is 47.9 Å². The van der Waals surface area contributed by atoms with Crippen LogP contribution in [-0.4, -0.2) is 22.6 Å². The zero-order valence-electron chi connectivity index (χ0n) is 12.4. The zero-order valence-corrected chi connectivity index (χ0v) is 12.4. The summed E-state index contributed by atoms with van der Waals surface area (Å²) < 4.78 is 0. The number of nitrogens with one attached hydrogen (secondary N) is 1. The second-order valence-electron chi connectivity index (χ2n) is 4.98.